The Labute approximate surface area is 169 Å². The second kappa shape index (κ2) is 8.49. The van der Waals surface area contributed by atoms with E-state index in [2.05, 4.69) is 0 Å². The smallest absolute Gasteiger partial charge is 0.340 e. The van der Waals surface area contributed by atoms with Gasteiger partial charge in [-0.15, -0.1) is 11.6 Å². The molecule has 2 heterocycles. The van der Waals surface area contributed by atoms with Gasteiger partial charge in [0.05, 0.1) is 5.38 Å². The van der Waals surface area contributed by atoms with E-state index in [9.17, 15) is 24.6 Å². The average molecular weight is 418 g/mol. The molecule has 5 atom stereocenters. The zero-order valence-electron chi connectivity index (χ0n) is 16.6. The Hall–Kier alpha value is -1.48. The molecule has 9 heteroatoms. The molecular formula is C19H28ClNO7. The number of aliphatic hydroxyl groups is 2. The van der Waals surface area contributed by atoms with E-state index in [0.717, 1.165) is 0 Å². The van der Waals surface area contributed by atoms with Gasteiger partial charge in [0.15, 0.2) is 17.3 Å². The number of ether oxygens (including phenoxy) is 2. The molecule has 2 aliphatic rings. The molecule has 28 heavy (non-hydrogen) atoms. The van der Waals surface area contributed by atoms with Crippen molar-refractivity contribution in [2.75, 3.05) is 26.7 Å². The summed E-state index contributed by atoms with van der Waals surface area (Å²) in [6.45, 7) is 4.76. The minimum Gasteiger partial charge on any atom is -0.459 e. The topological polar surface area (TPSA) is 113 Å². The first-order valence-electron chi connectivity index (χ1n) is 9.28. The van der Waals surface area contributed by atoms with Crippen molar-refractivity contribution in [3.05, 3.63) is 11.6 Å². The van der Waals surface area contributed by atoms with Crippen molar-refractivity contribution in [1.29, 1.82) is 0 Å². The van der Waals surface area contributed by atoms with Crippen LogP contribution in [0, 0.1) is 5.92 Å². The zero-order chi connectivity index (χ0) is 21.3. The van der Waals surface area contributed by atoms with Crippen molar-refractivity contribution >= 4 is 29.3 Å². The van der Waals surface area contributed by atoms with Gasteiger partial charge in [0, 0.05) is 25.1 Å². The van der Waals surface area contributed by atoms with Crippen LogP contribution < -0.4 is 0 Å². The molecule has 0 aromatic carbocycles. The Morgan fingerprint density at radius 3 is 2.54 bits per heavy atom. The molecule has 0 aromatic rings. The highest BCUT2D eigenvalue weighted by Gasteiger charge is 2.50. The summed E-state index contributed by atoms with van der Waals surface area (Å²) in [6.07, 6.45) is 0.363. The Morgan fingerprint density at radius 1 is 1.29 bits per heavy atom. The molecule has 0 amide bonds. The molecule has 2 aliphatic heterocycles. The van der Waals surface area contributed by atoms with Crippen LogP contribution in [0.4, 0.5) is 0 Å². The minimum atomic E-state index is -2.19. The van der Waals surface area contributed by atoms with Crippen LogP contribution >= 0.6 is 11.6 Å². The standard InChI is InChI=1S/C19H28ClNO7/c1-11-9-19(26,12(2)20)17(24)28-14-6-8-21(4)7-5-13(15(14)22)10-27-16(23)18(11,3)25/h5,11-12,14,25-26H,6-10H2,1-4H3/b13-5-/t11-,12-,14-,18-,19-/m1/s1. The van der Waals surface area contributed by atoms with Gasteiger partial charge in [-0.2, -0.15) is 0 Å². The molecule has 1 saturated heterocycles. The van der Waals surface area contributed by atoms with Crippen LogP contribution in [0.5, 0.6) is 0 Å². The van der Waals surface area contributed by atoms with E-state index in [1.165, 1.54) is 20.8 Å². The third-order valence-electron chi connectivity index (χ3n) is 5.64. The van der Waals surface area contributed by atoms with E-state index in [1.54, 1.807) is 6.08 Å². The fourth-order valence-electron chi connectivity index (χ4n) is 3.17. The Kier molecular flexibility index (Phi) is 6.91. The third kappa shape index (κ3) is 4.56. The van der Waals surface area contributed by atoms with Crippen molar-refractivity contribution in [1.82, 2.24) is 4.90 Å². The summed E-state index contributed by atoms with van der Waals surface area (Å²) < 4.78 is 10.6. The number of halogens is 1. The molecule has 2 bridgehead atoms. The number of esters is 2. The number of hydrogen-bond acceptors (Lipinski definition) is 8. The van der Waals surface area contributed by atoms with Gasteiger partial charge in [-0.3, -0.25) is 4.79 Å². The molecule has 158 valence electrons. The average Bonchev–Trinajstić information content (AvgIpc) is 2.61. The molecule has 2 N–H and O–H groups in total. The predicted molar refractivity (Wildman–Crippen MR) is 101 cm³/mol. The van der Waals surface area contributed by atoms with Crippen LogP contribution in [0.15, 0.2) is 11.6 Å². The molecule has 1 fully saturated rings. The quantitative estimate of drug-likeness (QED) is 0.466. The van der Waals surface area contributed by atoms with Crippen LogP contribution in [-0.2, 0) is 23.9 Å². The Morgan fingerprint density at radius 2 is 1.93 bits per heavy atom. The maximum atomic E-state index is 12.8. The number of nitrogens with zero attached hydrogens (tertiary/aromatic N) is 1. The number of Topliss-reactive ketones (excluding diaryl/α,β-unsaturated/α-hetero) is 1. The summed E-state index contributed by atoms with van der Waals surface area (Å²) in [4.78, 5) is 40.0. The first-order chi connectivity index (χ1) is 12.9. The number of ketones is 1. The molecule has 0 saturated carbocycles. The molecule has 0 aromatic heterocycles. The van der Waals surface area contributed by atoms with Gasteiger partial charge < -0.3 is 24.6 Å². The van der Waals surface area contributed by atoms with Crippen molar-refractivity contribution in [3.63, 3.8) is 0 Å². The van der Waals surface area contributed by atoms with Crippen molar-refractivity contribution in [2.24, 2.45) is 5.92 Å². The lowest BCUT2D eigenvalue weighted by atomic mass is 9.79. The molecule has 0 radical (unpaired) electrons. The first kappa shape index (κ1) is 22.8. The monoisotopic (exact) mass is 417 g/mol. The summed E-state index contributed by atoms with van der Waals surface area (Å²) >= 11 is 6.08. The van der Waals surface area contributed by atoms with Crippen LogP contribution in [0.3, 0.4) is 0 Å². The summed E-state index contributed by atoms with van der Waals surface area (Å²) in [5.41, 5.74) is -4.02. The van der Waals surface area contributed by atoms with Gasteiger partial charge >= 0.3 is 11.9 Å². The van der Waals surface area contributed by atoms with Crippen LogP contribution in [-0.4, -0.2) is 82.3 Å². The number of carbonyl (C=O) groups excluding carboxylic acids is 3. The Balaban J connectivity index is 2.50. The molecule has 0 spiro atoms. The lowest BCUT2D eigenvalue weighted by Crippen LogP contribution is -2.54. The van der Waals surface area contributed by atoms with Gasteiger partial charge in [-0.1, -0.05) is 13.0 Å². The fraction of sp³-hybridized carbons (Fsp3) is 0.737. The van der Waals surface area contributed by atoms with E-state index in [4.69, 9.17) is 21.1 Å². The van der Waals surface area contributed by atoms with Gasteiger partial charge in [0.2, 0.25) is 5.78 Å². The van der Waals surface area contributed by atoms with Crippen molar-refractivity contribution in [3.8, 4) is 0 Å². The molecule has 2 rings (SSSR count). The normalized spacial score (nSPS) is 39.2. The predicted octanol–water partition coefficient (Wildman–Crippen LogP) is 0.422. The van der Waals surface area contributed by atoms with Gasteiger partial charge in [0.1, 0.15) is 6.61 Å². The van der Waals surface area contributed by atoms with Gasteiger partial charge in [-0.25, -0.2) is 9.59 Å². The highest BCUT2D eigenvalue weighted by Crippen LogP contribution is 2.33. The van der Waals surface area contributed by atoms with E-state index < -0.39 is 46.3 Å². The fourth-order valence-corrected chi connectivity index (χ4v) is 3.35. The second-order valence-electron chi connectivity index (χ2n) is 7.91. The number of rotatable bonds is 1. The van der Waals surface area contributed by atoms with Crippen molar-refractivity contribution < 1.29 is 34.1 Å². The third-order valence-corrected chi connectivity index (χ3v) is 6.00. The molecule has 0 unspecified atom stereocenters. The number of carbonyl (C=O) groups is 3. The lowest BCUT2D eigenvalue weighted by Gasteiger charge is -2.37. The number of likely N-dealkylation sites (N-methyl/N-ethyl adjacent to an activating group) is 1. The van der Waals surface area contributed by atoms with Crippen LogP contribution in [0.2, 0.25) is 0 Å². The second-order valence-corrected chi connectivity index (χ2v) is 8.56. The van der Waals surface area contributed by atoms with Crippen molar-refractivity contribution in [2.45, 2.75) is 56.3 Å². The first-order valence-corrected chi connectivity index (χ1v) is 9.72. The largest absolute Gasteiger partial charge is 0.459 e. The van der Waals surface area contributed by atoms with Crippen LogP contribution in [0.25, 0.3) is 0 Å². The van der Waals surface area contributed by atoms with Gasteiger partial charge in [-0.05, 0) is 33.2 Å². The maximum Gasteiger partial charge on any atom is 0.340 e. The van der Waals surface area contributed by atoms with Gasteiger partial charge in [0.25, 0.3) is 0 Å². The number of alkyl halides is 1. The summed E-state index contributed by atoms with van der Waals surface area (Å²) in [7, 11) is 1.83. The van der Waals surface area contributed by atoms with Crippen LogP contribution in [0.1, 0.15) is 33.6 Å². The summed E-state index contributed by atoms with van der Waals surface area (Å²) in [6, 6.07) is 0. The zero-order valence-corrected chi connectivity index (χ0v) is 17.4. The molecular weight excluding hydrogens is 390 g/mol. The summed E-state index contributed by atoms with van der Waals surface area (Å²) in [5, 5.41) is 20.5. The molecule has 0 aliphatic carbocycles. The number of cyclic esters (lactones) is 1. The minimum absolute atomic E-state index is 0.171. The lowest BCUT2D eigenvalue weighted by molar-refractivity contribution is -0.183. The van der Waals surface area contributed by atoms with E-state index in [-0.39, 0.29) is 25.0 Å². The van der Waals surface area contributed by atoms with E-state index in [1.807, 2.05) is 11.9 Å². The van der Waals surface area contributed by atoms with E-state index in [0.29, 0.717) is 13.1 Å². The van der Waals surface area contributed by atoms with E-state index >= 15 is 0 Å². The summed E-state index contributed by atoms with van der Waals surface area (Å²) in [5.74, 6) is -3.36. The number of fused-ring (bicyclic) bond motifs is 2. The number of hydrogen-bond donors (Lipinski definition) is 2. The highest BCUT2D eigenvalue weighted by atomic mass is 35.5. The Bertz CT molecular complexity index is 675. The molecule has 8 nitrogen and oxygen atoms in total. The SMILES string of the molecule is C[C@@H]1C[C@@](O)([C@@H](C)Cl)C(=O)O[C@@H]2CCN(C)C/C=C(/COC(=O)[C@]1(C)O)C2=O. The highest BCUT2D eigenvalue weighted by molar-refractivity contribution is 6.23. The maximum absolute atomic E-state index is 12.8.